The summed E-state index contributed by atoms with van der Waals surface area (Å²) in [5.74, 6) is 1.52. The lowest BCUT2D eigenvalue weighted by Crippen LogP contribution is -2.16. The van der Waals surface area contributed by atoms with Crippen LogP contribution in [0.1, 0.15) is 17.7 Å². The summed E-state index contributed by atoms with van der Waals surface area (Å²) in [6.45, 7) is 1.59. The molecule has 1 unspecified atom stereocenters. The second-order valence-corrected chi connectivity index (χ2v) is 7.95. The fourth-order valence-corrected chi connectivity index (χ4v) is 3.74. The van der Waals surface area contributed by atoms with Gasteiger partial charge in [-0.15, -0.1) is 0 Å². The number of aromatic nitrogens is 1. The van der Waals surface area contributed by atoms with Gasteiger partial charge < -0.3 is 13.7 Å². The molecule has 0 aliphatic rings. The molecule has 0 spiro atoms. The van der Waals surface area contributed by atoms with Crippen molar-refractivity contribution in [1.29, 1.82) is 0 Å². The Hall–Kier alpha value is -3.06. The summed E-state index contributed by atoms with van der Waals surface area (Å²) in [6.07, 6.45) is 3.11. The topological polar surface area (TPSA) is 74.7 Å². The summed E-state index contributed by atoms with van der Waals surface area (Å²) >= 11 is 0. The molecule has 2 aromatic carbocycles. The van der Waals surface area contributed by atoms with E-state index in [-0.39, 0.29) is 5.75 Å². The van der Waals surface area contributed by atoms with E-state index in [0.29, 0.717) is 17.1 Å². The lowest BCUT2D eigenvalue weighted by Gasteiger charge is -2.14. The van der Waals surface area contributed by atoms with Crippen molar-refractivity contribution in [2.75, 3.05) is 14.2 Å². The zero-order valence-electron chi connectivity index (χ0n) is 15.8. The van der Waals surface area contributed by atoms with E-state index < -0.39 is 15.4 Å². The minimum Gasteiger partial charge on any atom is -0.493 e. The molecule has 0 aliphatic carbocycles. The molecule has 0 aliphatic heterocycles. The van der Waals surface area contributed by atoms with E-state index in [2.05, 4.69) is 4.98 Å². The smallest absolute Gasteiger partial charge is 0.316 e. The lowest BCUT2D eigenvalue weighted by atomic mass is 10.1. The van der Waals surface area contributed by atoms with Crippen LogP contribution >= 0.6 is 0 Å². The molecule has 28 heavy (non-hydrogen) atoms. The van der Waals surface area contributed by atoms with Crippen LogP contribution < -0.4 is 13.7 Å². The standard InChI is InChI=1S/C21H21NO5S/c1-15(16-10-12-22-13-11-16)28(23,24)27-19-7-4-17(5-8-19)18-6-9-20(25-2)21(14-18)26-3/h4-15H,1-3H3. The molecular weight excluding hydrogens is 378 g/mol. The molecule has 1 atom stereocenters. The number of hydrogen-bond donors (Lipinski definition) is 0. The van der Waals surface area contributed by atoms with Crippen molar-refractivity contribution in [3.05, 3.63) is 72.6 Å². The first-order valence-electron chi connectivity index (χ1n) is 8.60. The SMILES string of the molecule is COc1ccc(-c2ccc(OS(=O)(=O)C(C)c3ccncc3)cc2)cc1OC. The highest BCUT2D eigenvalue weighted by Crippen LogP contribution is 2.33. The summed E-state index contributed by atoms with van der Waals surface area (Å²) in [7, 11) is -0.671. The van der Waals surface area contributed by atoms with Gasteiger partial charge in [0, 0.05) is 12.4 Å². The Bertz CT molecular complexity index is 1030. The molecule has 0 saturated carbocycles. The molecule has 0 saturated heterocycles. The van der Waals surface area contributed by atoms with E-state index >= 15 is 0 Å². The van der Waals surface area contributed by atoms with Crippen LogP contribution in [0.5, 0.6) is 17.2 Å². The van der Waals surface area contributed by atoms with Crippen LogP contribution in [-0.4, -0.2) is 27.6 Å². The number of methoxy groups -OCH3 is 2. The van der Waals surface area contributed by atoms with Crippen molar-refractivity contribution in [2.24, 2.45) is 0 Å². The van der Waals surface area contributed by atoms with Crippen LogP contribution in [0.2, 0.25) is 0 Å². The number of rotatable bonds is 7. The minimum atomic E-state index is -3.83. The lowest BCUT2D eigenvalue weighted by molar-refractivity contribution is 0.355. The molecule has 7 heteroatoms. The second-order valence-electron chi connectivity index (χ2n) is 6.09. The highest BCUT2D eigenvalue weighted by atomic mass is 32.2. The van der Waals surface area contributed by atoms with E-state index in [1.54, 1.807) is 69.9 Å². The quantitative estimate of drug-likeness (QED) is 0.553. The Morgan fingerprint density at radius 2 is 1.43 bits per heavy atom. The summed E-state index contributed by atoms with van der Waals surface area (Å²) in [6, 6.07) is 15.7. The molecule has 0 amide bonds. The zero-order valence-corrected chi connectivity index (χ0v) is 16.6. The van der Waals surface area contributed by atoms with E-state index in [1.165, 1.54) is 0 Å². The van der Waals surface area contributed by atoms with Gasteiger partial charge >= 0.3 is 10.1 Å². The molecule has 1 aromatic heterocycles. The zero-order chi connectivity index (χ0) is 20.1. The molecular formula is C21H21NO5S. The summed E-state index contributed by atoms with van der Waals surface area (Å²) in [5, 5.41) is -0.805. The maximum atomic E-state index is 12.5. The third-order valence-corrected chi connectivity index (χ3v) is 5.96. The van der Waals surface area contributed by atoms with Crippen LogP contribution in [0, 0.1) is 0 Å². The summed E-state index contributed by atoms with van der Waals surface area (Å²) in [5.41, 5.74) is 2.43. The minimum absolute atomic E-state index is 0.255. The normalized spacial score (nSPS) is 12.2. The molecule has 3 aromatic rings. The van der Waals surface area contributed by atoms with Gasteiger partial charge in [0.05, 0.1) is 14.2 Å². The number of hydrogen-bond acceptors (Lipinski definition) is 6. The Kier molecular flexibility index (Phi) is 5.84. The van der Waals surface area contributed by atoms with Gasteiger partial charge in [0.25, 0.3) is 0 Å². The molecule has 146 valence electrons. The maximum Gasteiger partial charge on any atom is 0.316 e. The number of pyridine rings is 1. The van der Waals surface area contributed by atoms with Crippen LogP contribution in [0.4, 0.5) is 0 Å². The van der Waals surface area contributed by atoms with Crippen molar-refractivity contribution in [2.45, 2.75) is 12.2 Å². The Labute approximate surface area is 164 Å². The van der Waals surface area contributed by atoms with Crippen molar-refractivity contribution < 1.29 is 22.1 Å². The molecule has 3 rings (SSSR count). The molecule has 1 heterocycles. The fraction of sp³-hybridized carbons (Fsp3) is 0.190. The first kappa shape index (κ1) is 19.7. The predicted octanol–water partition coefficient (Wildman–Crippen LogP) is 4.24. The molecule has 0 N–H and O–H groups in total. The van der Waals surface area contributed by atoms with Gasteiger partial charge in [0.1, 0.15) is 11.0 Å². The second kappa shape index (κ2) is 8.31. The Balaban J connectivity index is 1.79. The van der Waals surface area contributed by atoms with Crippen molar-refractivity contribution in [3.8, 4) is 28.4 Å². The van der Waals surface area contributed by atoms with E-state index in [1.807, 2.05) is 18.2 Å². The molecule has 6 nitrogen and oxygen atoms in total. The van der Waals surface area contributed by atoms with Gasteiger partial charge in [0.2, 0.25) is 0 Å². The third kappa shape index (κ3) is 4.26. The molecule has 0 radical (unpaired) electrons. The Morgan fingerprint density at radius 3 is 2.04 bits per heavy atom. The van der Waals surface area contributed by atoms with Gasteiger partial charge in [-0.2, -0.15) is 8.42 Å². The van der Waals surface area contributed by atoms with Gasteiger partial charge in [-0.1, -0.05) is 18.2 Å². The van der Waals surface area contributed by atoms with Gasteiger partial charge in [-0.25, -0.2) is 0 Å². The predicted molar refractivity (Wildman–Crippen MR) is 107 cm³/mol. The largest absolute Gasteiger partial charge is 0.493 e. The average Bonchev–Trinajstić information content (AvgIpc) is 2.73. The van der Waals surface area contributed by atoms with E-state index in [9.17, 15) is 8.42 Å². The van der Waals surface area contributed by atoms with Crippen LogP contribution in [-0.2, 0) is 10.1 Å². The van der Waals surface area contributed by atoms with Crippen LogP contribution in [0.3, 0.4) is 0 Å². The summed E-state index contributed by atoms with van der Waals surface area (Å²) in [4.78, 5) is 3.90. The number of ether oxygens (including phenoxy) is 2. The highest BCUT2D eigenvalue weighted by Gasteiger charge is 2.24. The van der Waals surface area contributed by atoms with Gasteiger partial charge in [-0.05, 0) is 60.0 Å². The third-order valence-electron chi connectivity index (χ3n) is 4.39. The molecule has 0 fully saturated rings. The first-order valence-corrected chi connectivity index (χ1v) is 10.1. The average molecular weight is 399 g/mol. The van der Waals surface area contributed by atoms with Crippen molar-refractivity contribution >= 4 is 10.1 Å². The van der Waals surface area contributed by atoms with Gasteiger partial charge in [-0.3, -0.25) is 4.98 Å². The maximum absolute atomic E-state index is 12.5. The van der Waals surface area contributed by atoms with E-state index in [4.69, 9.17) is 13.7 Å². The van der Waals surface area contributed by atoms with Gasteiger partial charge in [0.15, 0.2) is 11.5 Å². The number of benzene rings is 2. The summed E-state index contributed by atoms with van der Waals surface area (Å²) < 4.78 is 40.9. The van der Waals surface area contributed by atoms with Crippen LogP contribution in [0.15, 0.2) is 67.0 Å². The molecule has 0 bridgehead atoms. The first-order chi connectivity index (χ1) is 13.4. The fourth-order valence-electron chi connectivity index (χ4n) is 2.73. The van der Waals surface area contributed by atoms with Crippen molar-refractivity contribution in [1.82, 2.24) is 4.98 Å². The monoisotopic (exact) mass is 399 g/mol. The highest BCUT2D eigenvalue weighted by molar-refractivity contribution is 7.87. The van der Waals surface area contributed by atoms with Crippen LogP contribution in [0.25, 0.3) is 11.1 Å². The number of nitrogens with zero attached hydrogens (tertiary/aromatic N) is 1. The van der Waals surface area contributed by atoms with E-state index in [0.717, 1.165) is 11.1 Å². The Morgan fingerprint density at radius 1 is 0.821 bits per heavy atom. The van der Waals surface area contributed by atoms with Crippen molar-refractivity contribution in [3.63, 3.8) is 0 Å².